The Morgan fingerprint density at radius 1 is 0.870 bits per heavy atom. The quantitative estimate of drug-likeness (QED) is 0.462. The fraction of sp³-hybridized carbons (Fsp3) is 0.0625. The summed E-state index contributed by atoms with van der Waals surface area (Å²) in [6.45, 7) is 0. The van der Waals surface area contributed by atoms with Gasteiger partial charge in [-0.2, -0.15) is 0 Å². The van der Waals surface area contributed by atoms with Crippen LogP contribution in [0.5, 0.6) is 0 Å². The molecule has 116 valence electrons. The Bertz CT molecular complexity index is 764. The molecule has 0 aromatic heterocycles. The van der Waals surface area contributed by atoms with Crippen LogP contribution >= 0.6 is 0 Å². The van der Waals surface area contributed by atoms with Gasteiger partial charge in [-0.3, -0.25) is 25.0 Å². The average molecular weight is 312 g/mol. The number of carbonyl (C=O) groups excluding carboxylic acids is 1. The summed E-state index contributed by atoms with van der Waals surface area (Å²) < 4.78 is 0. The molecular formula is C16H12N2O5. The SMILES string of the molecule is O=C(/C=C/c1ccc([N+](=O)[O-])cc1)Cc1ccc([N+](=O)[O-])cc1. The van der Waals surface area contributed by atoms with Crippen molar-refractivity contribution in [2.45, 2.75) is 6.42 Å². The molecule has 0 radical (unpaired) electrons. The van der Waals surface area contributed by atoms with Gasteiger partial charge >= 0.3 is 0 Å². The zero-order valence-corrected chi connectivity index (χ0v) is 11.9. The lowest BCUT2D eigenvalue weighted by molar-refractivity contribution is -0.385. The van der Waals surface area contributed by atoms with Gasteiger partial charge in [0.15, 0.2) is 5.78 Å². The van der Waals surface area contributed by atoms with Crippen molar-refractivity contribution < 1.29 is 14.6 Å². The summed E-state index contributed by atoms with van der Waals surface area (Å²) >= 11 is 0. The fourth-order valence-corrected chi connectivity index (χ4v) is 1.89. The molecule has 0 saturated heterocycles. The first-order chi connectivity index (χ1) is 11.0. The highest BCUT2D eigenvalue weighted by Crippen LogP contribution is 2.14. The van der Waals surface area contributed by atoms with Crippen LogP contribution in [0.3, 0.4) is 0 Å². The van der Waals surface area contributed by atoms with Crippen molar-refractivity contribution >= 4 is 23.2 Å². The number of nitro groups is 2. The molecule has 0 bridgehead atoms. The minimum atomic E-state index is -0.500. The van der Waals surface area contributed by atoms with Gasteiger partial charge in [0.05, 0.1) is 9.85 Å². The van der Waals surface area contributed by atoms with Gasteiger partial charge in [-0.1, -0.05) is 18.2 Å². The number of allylic oxidation sites excluding steroid dienone is 1. The van der Waals surface area contributed by atoms with E-state index in [9.17, 15) is 25.0 Å². The Balaban J connectivity index is 1.98. The summed E-state index contributed by atoms with van der Waals surface area (Å²) in [5, 5.41) is 21.1. The van der Waals surface area contributed by atoms with Crippen molar-refractivity contribution in [1.29, 1.82) is 0 Å². The van der Waals surface area contributed by atoms with Crippen molar-refractivity contribution in [3.8, 4) is 0 Å². The van der Waals surface area contributed by atoms with Crippen LogP contribution in [0.2, 0.25) is 0 Å². The number of rotatable bonds is 6. The Morgan fingerprint density at radius 3 is 1.83 bits per heavy atom. The van der Waals surface area contributed by atoms with Gasteiger partial charge in [-0.25, -0.2) is 0 Å². The molecule has 2 aromatic rings. The summed E-state index contributed by atoms with van der Waals surface area (Å²) in [6.07, 6.45) is 3.07. The second-order valence-corrected chi connectivity index (χ2v) is 4.75. The lowest BCUT2D eigenvalue weighted by atomic mass is 10.1. The van der Waals surface area contributed by atoms with E-state index < -0.39 is 9.85 Å². The standard InChI is InChI=1S/C16H12N2O5/c19-16(11-13-3-8-15(9-4-13)18(22)23)10-5-12-1-6-14(7-2-12)17(20)21/h1-10H,11H2/b10-5+. The molecule has 0 spiro atoms. The van der Waals surface area contributed by atoms with Crippen LogP contribution in [0.25, 0.3) is 6.08 Å². The molecule has 0 saturated carbocycles. The summed E-state index contributed by atoms with van der Waals surface area (Å²) in [5.41, 5.74) is 1.31. The van der Waals surface area contributed by atoms with Crippen molar-refractivity contribution in [3.63, 3.8) is 0 Å². The number of hydrogen-bond donors (Lipinski definition) is 0. The van der Waals surface area contributed by atoms with Gasteiger partial charge in [0, 0.05) is 30.7 Å². The van der Waals surface area contributed by atoms with Crippen LogP contribution in [-0.2, 0) is 11.2 Å². The predicted octanol–water partition coefficient (Wildman–Crippen LogP) is 3.33. The maximum Gasteiger partial charge on any atom is 0.269 e. The first-order valence-corrected chi connectivity index (χ1v) is 6.64. The highest BCUT2D eigenvalue weighted by atomic mass is 16.6. The monoisotopic (exact) mass is 312 g/mol. The molecular weight excluding hydrogens is 300 g/mol. The maximum atomic E-state index is 11.9. The van der Waals surface area contributed by atoms with Gasteiger partial charge in [-0.15, -0.1) is 0 Å². The van der Waals surface area contributed by atoms with Crippen molar-refractivity contribution in [3.05, 3.63) is 86.0 Å². The molecule has 0 aliphatic rings. The fourth-order valence-electron chi connectivity index (χ4n) is 1.89. The van der Waals surface area contributed by atoms with Crippen LogP contribution in [0.1, 0.15) is 11.1 Å². The van der Waals surface area contributed by atoms with E-state index in [1.165, 1.54) is 42.5 Å². The van der Waals surface area contributed by atoms with Gasteiger partial charge < -0.3 is 0 Å². The molecule has 0 fully saturated rings. The lowest BCUT2D eigenvalue weighted by Crippen LogP contribution is -1.98. The second-order valence-electron chi connectivity index (χ2n) is 4.75. The molecule has 2 aromatic carbocycles. The first kappa shape index (κ1) is 16.0. The lowest BCUT2D eigenvalue weighted by Gasteiger charge is -1.98. The third-order valence-corrected chi connectivity index (χ3v) is 3.09. The number of benzene rings is 2. The minimum Gasteiger partial charge on any atom is -0.294 e. The van der Waals surface area contributed by atoms with E-state index in [0.717, 1.165) is 0 Å². The highest BCUT2D eigenvalue weighted by Gasteiger charge is 2.06. The highest BCUT2D eigenvalue weighted by molar-refractivity contribution is 5.95. The average Bonchev–Trinajstić information content (AvgIpc) is 2.54. The Labute approximate surface area is 131 Å². The van der Waals surface area contributed by atoms with Crippen LogP contribution in [0.4, 0.5) is 11.4 Å². The van der Waals surface area contributed by atoms with E-state index in [2.05, 4.69) is 0 Å². The number of nitrogens with zero attached hydrogens (tertiary/aromatic N) is 2. The van der Waals surface area contributed by atoms with E-state index in [-0.39, 0.29) is 23.6 Å². The van der Waals surface area contributed by atoms with Crippen molar-refractivity contribution in [2.75, 3.05) is 0 Å². The normalized spacial score (nSPS) is 10.6. The topological polar surface area (TPSA) is 103 Å². The van der Waals surface area contributed by atoms with E-state index in [0.29, 0.717) is 11.1 Å². The van der Waals surface area contributed by atoms with Gasteiger partial charge in [0.2, 0.25) is 0 Å². The second kappa shape index (κ2) is 7.08. The van der Waals surface area contributed by atoms with Crippen LogP contribution in [0, 0.1) is 20.2 Å². The number of hydrogen-bond acceptors (Lipinski definition) is 5. The number of ketones is 1. The third kappa shape index (κ3) is 4.57. The van der Waals surface area contributed by atoms with Crippen LogP contribution in [-0.4, -0.2) is 15.6 Å². The molecule has 0 N–H and O–H groups in total. The molecule has 7 heteroatoms. The summed E-state index contributed by atoms with van der Waals surface area (Å²) in [6, 6.07) is 11.6. The van der Waals surface area contributed by atoms with Gasteiger partial charge in [0.1, 0.15) is 0 Å². The van der Waals surface area contributed by atoms with Crippen LogP contribution in [0.15, 0.2) is 54.6 Å². The molecule has 0 aliphatic heterocycles. The third-order valence-electron chi connectivity index (χ3n) is 3.09. The Morgan fingerprint density at radius 2 is 1.35 bits per heavy atom. The number of nitro benzene ring substituents is 2. The minimum absolute atomic E-state index is 0.0145. The van der Waals surface area contributed by atoms with Gasteiger partial charge in [0.25, 0.3) is 11.4 Å². The summed E-state index contributed by atoms with van der Waals surface area (Å²) in [7, 11) is 0. The van der Waals surface area contributed by atoms with Crippen molar-refractivity contribution in [1.82, 2.24) is 0 Å². The largest absolute Gasteiger partial charge is 0.294 e. The molecule has 7 nitrogen and oxygen atoms in total. The number of non-ortho nitro benzene ring substituents is 2. The van der Waals surface area contributed by atoms with Crippen molar-refractivity contribution in [2.24, 2.45) is 0 Å². The Hall–Kier alpha value is -3.35. The van der Waals surface area contributed by atoms with E-state index in [4.69, 9.17) is 0 Å². The molecule has 0 heterocycles. The molecule has 0 amide bonds. The van der Waals surface area contributed by atoms with Crippen LogP contribution < -0.4 is 0 Å². The predicted molar refractivity (Wildman–Crippen MR) is 83.9 cm³/mol. The van der Waals surface area contributed by atoms with E-state index in [1.807, 2.05) is 0 Å². The van der Waals surface area contributed by atoms with E-state index >= 15 is 0 Å². The number of carbonyl (C=O) groups is 1. The first-order valence-electron chi connectivity index (χ1n) is 6.64. The molecule has 0 atom stereocenters. The van der Waals surface area contributed by atoms with E-state index in [1.54, 1.807) is 18.2 Å². The molecule has 0 unspecified atom stereocenters. The molecule has 23 heavy (non-hydrogen) atoms. The maximum absolute atomic E-state index is 11.9. The summed E-state index contributed by atoms with van der Waals surface area (Å²) in [5.74, 6) is -0.169. The summed E-state index contributed by atoms with van der Waals surface area (Å²) in [4.78, 5) is 31.9. The molecule has 0 aliphatic carbocycles. The smallest absolute Gasteiger partial charge is 0.269 e. The Kier molecular flexibility index (Phi) is 4.93. The zero-order chi connectivity index (χ0) is 16.8. The zero-order valence-electron chi connectivity index (χ0n) is 11.9. The molecule has 2 rings (SSSR count). The van der Waals surface area contributed by atoms with Gasteiger partial charge in [-0.05, 0) is 29.3 Å².